The van der Waals surface area contributed by atoms with E-state index < -0.39 is 54.6 Å². The number of hydrogen-bond acceptors (Lipinski definition) is 11. The molecule has 1 saturated heterocycles. The Morgan fingerprint density at radius 1 is 0.812 bits per heavy atom. The molecule has 11 heteroatoms. The normalized spacial score (nSPS) is 24.6. The average molecular weight is 452 g/mol. The van der Waals surface area contributed by atoms with Gasteiger partial charge in [-0.05, 0) is 24.3 Å². The van der Waals surface area contributed by atoms with Crippen LogP contribution in [0.15, 0.2) is 24.3 Å². The van der Waals surface area contributed by atoms with Crippen LogP contribution in [-0.2, 0) is 42.9 Å². The van der Waals surface area contributed by atoms with Crippen LogP contribution in [0, 0.1) is 0 Å². The van der Waals surface area contributed by atoms with E-state index in [0.717, 1.165) is 20.8 Å². The van der Waals surface area contributed by atoms with E-state index in [9.17, 15) is 24.0 Å². The summed E-state index contributed by atoms with van der Waals surface area (Å²) in [4.78, 5) is 57.4. The molecule has 0 aromatic heterocycles. The number of esters is 4. The summed E-state index contributed by atoms with van der Waals surface area (Å²) in [5.41, 5.74) is 0.402. The lowest BCUT2D eigenvalue weighted by Gasteiger charge is -2.43. The molecule has 0 N–H and O–H groups in total. The van der Waals surface area contributed by atoms with Crippen molar-refractivity contribution in [2.45, 2.75) is 58.4 Å². The van der Waals surface area contributed by atoms with Crippen molar-refractivity contribution in [2.24, 2.45) is 0 Å². The van der Waals surface area contributed by atoms with Crippen LogP contribution in [0.25, 0.3) is 0 Å². The molecule has 5 atom stereocenters. The van der Waals surface area contributed by atoms with E-state index in [4.69, 9.17) is 28.4 Å². The van der Waals surface area contributed by atoms with Gasteiger partial charge in [0.2, 0.25) is 12.4 Å². The van der Waals surface area contributed by atoms with E-state index in [0.29, 0.717) is 11.8 Å². The standard InChI is InChI=1S/C21H24O11/c1-11(23)27-10-17-18(28-12(2)24)19(29-13(3)25)20(30-14(4)26)21(32-17)31-16-7-5-15(9-22)6-8-16/h5-9,17-21H,10H2,1-4H3/t17-,18-,19+,20-,21+/m0/s1. The molecule has 1 heterocycles. The lowest BCUT2D eigenvalue weighted by atomic mass is 9.98. The minimum absolute atomic E-state index is 0.247. The smallest absolute Gasteiger partial charge is 0.303 e. The Kier molecular flexibility index (Phi) is 8.71. The molecule has 0 amide bonds. The number of aldehydes is 1. The summed E-state index contributed by atoms with van der Waals surface area (Å²) >= 11 is 0. The van der Waals surface area contributed by atoms with Crippen LogP contribution in [0.5, 0.6) is 5.75 Å². The fourth-order valence-corrected chi connectivity index (χ4v) is 3.04. The zero-order valence-corrected chi connectivity index (χ0v) is 18.0. The topological polar surface area (TPSA) is 141 Å². The minimum Gasteiger partial charge on any atom is -0.463 e. The Balaban J connectivity index is 2.43. The lowest BCUT2D eigenvalue weighted by molar-refractivity contribution is -0.288. The number of carbonyl (C=O) groups is 5. The van der Waals surface area contributed by atoms with Crippen LogP contribution in [-0.4, -0.2) is 67.5 Å². The van der Waals surface area contributed by atoms with Gasteiger partial charge in [-0.25, -0.2) is 0 Å². The van der Waals surface area contributed by atoms with Crippen molar-refractivity contribution in [3.05, 3.63) is 29.8 Å². The molecule has 0 unspecified atom stereocenters. The van der Waals surface area contributed by atoms with Crippen molar-refractivity contribution >= 4 is 30.2 Å². The molecule has 0 radical (unpaired) electrons. The van der Waals surface area contributed by atoms with Crippen LogP contribution < -0.4 is 4.74 Å². The van der Waals surface area contributed by atoms with Gasteiger partial charge in [0.25, 0.3) is 0 Å². The maximum Gasteiger partial charge on any atom is 0.303 e. The van der Waals surface area contributed by atoms with Crippen molar-refractivity contribution < 1.29 is 52.4 Å². The zero-order chi connectivity index (χ0) is 23.8. The molecule has 1 aromatic rings. The molecule has 11 nitrogen and oxygen atoms in total. The van der Waals surface area contributed by atoms with Gasteiger partial charge < -0.3 is 28.4 Å². The molecule has 0 saturated carbocycles. The highest BCUT2D eigenvalue weighted by Crippen LogP contribution is 2.31. The van der Waals surface area contributed by atoms with Crippen molar-refractivity contribution in [3.63, 3.8) is 0 Å². The third kappa shape index (κ3) is 7.05. The van der Waals surface area contributed by atoms with Crippen molar-refractivity contribution in [1.82, 2.24) is 0 Å². The molecule has 0 bridgehead atoms. The summed E-state index contributed by atoms with van der Waals surface area (Å²) in [6.45, 7) is 4.21. The first-order chi connectivity index (χ1) is 15.1. The monoisotopic (exact) mass is 452 g/mol. The second-order valence-corrected chi connectivity index (χ2v) is 6.87. The molecule has 0 aliphatic carbocycles. The Labute approximate surface area is 183 Å². The summed E-state index contributed by atoms with van der Waals surface area (Å²) in [6, 6.07) is 5.96. The van der Waals surface area contributed by atoms with Gasteiger partial charge in [0, 0.05) is 33.3 Å². The summed E-state index contributed by atoms with van der Waals surface area (Å²) < 4.78 is 32.5. The largest absolute Gasteiger partial charge is 0.463 e. The third-order valence-electron chi connectivity index (χ3n) is 4.22. The first-order valence-electron chi connectivity index (χ1n) is 9.63. The molecular weight excluding hydrogens is 428 g/mol. The minimum atomic E-state index is -1.34. The van der Waals surface area contributed by atoms with Crippen molar-refractivity contribution in [2.75, 3.05) is 6.61 Å². The van der Waals surface area contributed by atoms with Gasteiger partial charge in [-0.3, -0.25) is 24.0 Å². The predicted molar refractivity (Wildman–Crippen MR) is 104 cm³/mol. The molecule has 1 aromatic carbocycles. The quantitative estimate of drug-likeness (QED) is 0.316. The highest BCUT2D eigenvalue weighted by molar-refractivity contribution is 5.74. The van der Waals surface area contributed by atoms with Crippen molar-refractivity contribution in [3.8, 4) is 5.75 Å². The fourth-order valence-electron chi connectivity index (χ4n) is 3.04. The summed E-state index contributed by atoms with van der Waals surface area (Å²) in [7, 11) is 0. The van der Waals surface area contributed by atoms with E-state index in [2.05, 4.69) is 0 Å². The van der Waals surface area contributed by atoms with Gasteiger partial charge >= 0.3 is 23.9 Å². The third-order valence-corrected chi connectivity index (χ3v) is 4.22. The first-order valence-corrected chi connectivity index (χ1v) is 9.63. The van der Waals surface area contributed by atoms with E-state index in [1.54, 1.807) is 0 Å². The highest BCUT2D eigenvalue weighted by atomic mass is 16.7. The van der Waals surface area contributed by atoms with Gasteiger partial charge in [-0.15, -0.1) is 0 Å². The number of ether oxygens (including phenoxy) is 6. The summed E-state index contributed by atoms with van der Waals surface area (Å²) in [5, 5.41) is 0. The second-order valence-electron chi connectivity index (χ2n) is 6.87. The average Bonchev–Trinajstić information content (AvgIpc) is 2.70. The lowest BCUT2D eigenvalue weighted by Crippen LogP contribution is -2.63. The van der Waals surface area contributed by atoms with Gasteiger partial charge in [0.1, 0.15) is 24.7 Å². The number of carbonyl (C=O) groups excluding carboxylic acids is 5. The number of benzene rings is 1. The molecule has 1 fully saturated rings. The fraction of sp³-hybridized carbons (Fsp3) is 0.476. The summed E-state index contributed by atoms with van der Waals surface area (Å²) in [6.07, 6.45) is -5.72. The van der Waals surface area contributed by atoms with Gasteiger partial charge in [-0.2, -0.15) is 0 Å². The molecule has 2 rings (SSSR count). The molecule has 0 spiro atoms. The molecule has 1 aliphatic rings. The Morgan fingerprint density at radius 2 is 1.34 bits per heavy atom. The molecular formula is C21H24O11. The number of rotatable bonds is 8. The first kappa shape index (κ1) is 24.8. The van der Waals surface area contributed by atoms with E-state index in [-0.39, 0.29) is 12.4 Å². The number of hydrogen-bond donors (Lipinski definition) is 0. The van der Waals surface area contributed by atoms with Crippen LogP contribution in [0.3, 0.4) is 0 Å². The van der Waals surface area contributed by atoms with E-state index in [1.165, 1.54) is 31.2 Å². The van der Waals surface area contributed by atoms with Gasteiger partial charge in [0.05, 0.1) is 0 Å². The Hall–Kier alpha value is -3.47. The van der Waals surface area contributed by atoms with Gasteiger partial charge in [0.15, 0.2) is 12.2 Å². The van der Waals surface area contributed by atoms with Crippen LogP contribution >= 0.6 is 0 Å². The van der Waals surface area contributed by atoms with E-state index >= 15 is 0 Å². The van der Waals surface area contributed by atoms with Crippen LogP contribution in [0.2, 0.25) is 0 Å². The van der Waals surface area contributed by atoms with E-state index in [1.807, 2.05) is 0 Å². The molecule has 174 valence electrons. The SMILES string of the molecule is CC(=O)OC[C@@H]1O[C@@H](Oc2ccc(C=O)cc2)[C@@H](OC(C)=O)[C@H](OC(C)=O)[C@H]1OC(C)=O. The van der Waals surface area contributed by atoms with Gasteiger partial charge in [-0.1, -0.05) is 0 Å². The zero-order valence-electron chi connectivity index (χ0n) is 18.0. The highest BCUT2D eigenvalue weighted by Gasteiger charge is 2.53. The summed E-state index contributed by atoms with van der Waals surface area (Å²) in [5.74, 6) is -2.58. The Bertz CT molecular complexity index is 848. The Morgan fingerprint density at radius 3 is 1.84 bits per heavy atom. The van der Waals surface area contributed by atoms with Crippen LogP contribution in [0.1, 0.15) is 38.1 Å². The second kappa shape index (κ2) is 11.2. The maximum absolute atomic E-state index is 11.8. The predicted octanol–water partition coefficient (Wildman–Crippen LogP) is 0.961. The maximum atomic E-state index is 11.8. The molecule has 1 aliphatic heterocycles. The van der Waals surface area contributed by atoms with Crippen LogP contribution in [0.4, 0.5) is 0 Å². The molecule has 32 heavy (non-hydrogen) atoms. The van der Waals surface area contributed by atoms with Crippen molar-refractivity contribution in [1.29, 1.82) is 0 Å².